The first-order chi connectivity index (χ1) is 2.00. The van der Waals surface area contributed by atoms with E-state index in [-0.39, 0.29) is 57.2 Å². The number of hydrogen-bond acceptors (Lipinski definition) is 2. The van der Waals surface area contributed by atoms with Crippen LogP contribution in [0.25, 0.3) is 0 Å². The zero-order chi connectivity index (χ0) is 4.50. The Kier molecular flexibility index (Phi) is 24.5. The number of hydrogen-bond donors (Lipinski definition) is 2. The predicted molar refractivity (Wildman–Crippen MR) is 19.9 cm³/mol. The molecule has 8 heteroatoms. The molecule has 0 atom stereocenters. The van der Waals surface area contributed by atoms with Gasteiger partial charge in [0.1, 0.15) is 0 Å². The third-order valence-electron chi connectivity index (χ3n) is 0. The van der Waals surface area contributed by atoms with Gasteiger partial charge in [0.15, 0.2) is 0 Å². The third kappa shape index (κ3) is 122. The Morgan fingerprint density at radius 3 is 1.00 bits per heavy atom. The van der Waals surface area contributed by atoms with Gasteiger partial charge in [0.25, 0.3) is 0 Å². The van der Waals surface area contributed by atoms with Crippen molar-refractivity contribution in [3.05, 3.63) is 0 Å². The molecule has 0 saturated heterocycles. The molecule has 0 aromatic carbocycles. The second kappa shape index (κ2) is 8.68. The molecule has 0 bridgehead atoms. The molecular formula is H2Cu2MgO4S+6. The van der Waals surface area contributed by atoms with Crippen molar-refractivity contribution in [2.75, 3.05) is 0 Å². The quantitative estimate of drug-likeness (QED) is 0.425. The Bertz CT molecular complexity index is 97.2. The van der Waals surface area contributed by atoms with E-state index in [0.717, 1.165) is 0 Å². The normalized spacial score (nSPS) is 7.25. The summed E-state index contributed by atoms with van der Waals surface area (Å²) in [7, 11) is -4.67. The minimum Gasteiger partial charge on any atom is -0.264 e. The fourth-order valence-corrected chi connectivity index (χ4v) is 0. The van der Waals surface area contributed by atoms with Crippen molar-refractivity contribution in [1.82, 2.24) is 0 Å². The van der Waals surface area contributed by atoms with E-state index >= 15 is 0 Å². The molecule has 0 fully saturated rings. The van der Waals surface area contributed by atoms with Crippen LogP contribution >= 0.6 is 0 Å². The first kappa shape index (κ1) is 22.6. The predicted octanol–water partition coefficient (Wildman–Crippen LogP) is -1.04. The first-order valence-electron chi connectivity index (χ1n) is 0.698. The van der Waals surface area contributed by atoms with Gasteiger partial charge in [-0.2, -0.15) is 8.42 Å². The molecule has 50 valence electrons. The molecule has 0 saturated carbocycles. The van der Waals surface area contributed by atoms with Crippen LogP contribution in [0.3, 0.4) is 0 Å². The molecule has 2 radical (unpaired) electrons. The molecular weight excluding hydrogens is 247 g/mol. The molecule has 0 aliphatic rings. The van der Waals surface area contributed by atoms with Gasteiger partial charge in [-0.1, -0.05) is 0 Å². The molecule has 0 aromatic heterocycles. The average molecular weight is 249 g/mol. The maximum Gasteiger partial charge on any atom is 2.00 e. The van der Waals surface area contributed by atoms with Gasteiger partial charge >= 0.3 is 67.6 Å². The van der Waals surface area contributed by atoms with Gasteiger partial charge in [-0.25, -0.2) is 0 Å². The molecule has 2 N–H and O–H groups in total. The zero-order valence-corrected chi connectivity index (χ0v) is 7.54. The molecule has 8 heavy (non-hydrogen) atoms. The molecule has 0 spiro atoms. The van der Waals surface area contributed by atoms with Crippen LogP contribution in [0, 0.1) is 0 Å². The summed E-state index contributed by atoms with van der Waals surface area (Å²) in [4.78, 5) is 0. The van der Waals surface area contributed by atoms with E-state index in [2.05, 4.69) is 0 Å². The molecule has 0 aromatic rings. The van der Waals surface area contributed by atoms with Gasteiger partial charge < -0.3 is 0 Å². The minimum atomic E-state index is -4.67. The summed E-state index contributed by atoms with van der Waals surface area (Å²) in [6.07, 6.45) is 0. The Balaban J connectivity index is -0.0000000267. The molecule has 4 nitrogen and oxygen atoms in total. The van der Waals surface area contributed by atoms with Gasteiger partial charge in [-0.15, -0.1) is 0 Å². The molecule has 0 amide bonds. The van der Waals surface area contributed by atoms with Crippen molar-refractivity contribution in [1.29, 1.82) is 0 Å². The molecule has 0 rings (SSSR count). The van der Waals surface area contributed by atoms with Crippen LogP contribution in [0.5, 0.6) is 0 Å². The van der Waals surface area contributed by atoms with Gasteiger partial charge in [0, 0.05) is 0 Å². The second-order valence-electron chi connectivity index (χ2n) is 0.448. The minimum absolute atomic E-state index is 0. The fourth-order valence-electron chi connectivity index (χ4n) is 0. The van der Waals surface area contributed by atoms with Crippen molar-refractivity contribution in [2.45, 2.75) is 0 Å². The zero-order valence-electron chi connectivity index (χ0n) is 3.43. The molecule has 0 heterocycles. The molecule has 0 aliphatic carbocycles. The van der Waals surface area contributed by atoms with E-state index in [0.29, 0.717) is 0 Å². The largest absolute Gasteiger partial charge is 2.00 e. The van der Waals surface area contributed by atoms with Crippen LogP contribution in [-0.4, -0.2) is 40.6 Å². The van der Waals surface area contributed by atoms with Crippen molar-refractivity contribution in [2.24, 2.45) is 0 Å². The monoisotopic (exact) mass is 248 g/mol. The Hall–Kier alpha value is 1.68. The Morgan fingerprint density at radius 1 is 1.00 bits per heavy atom. The summed E-state index contributed by atoms with van der Waals surface area (Å²) < 4.78 is 31.6. The average Bonchev–Trinajstić information content (AvgIpc) is 0.722. The number of rotatable bonds is 0. The van der Waals surface area contributed by atoms with Gasteiger partial charge in [0.05, 0.1) is 0 Å². The van der Waals surface area contributed by atoms with E-state index in [1.807, 2.05) is 0 Å². The maximum atomic E-state index is 8.74. The topological polar surface area (TPSA) is 74.6 Å². The smallest absolute Gasteiger partial charge is 0.264 e. The van der Waals surface area contributed by atoms with E-state index in [4.69, 9.17) is 17.5 Å². The summed E-state index contributed by atoms with van der Waals surface area (Å²) in [5.74, 6) is 0. The molecule has 0 aliphatic heterocycles. The van der Waals surface area contributed by atoms with E-state index in [1.165, 1.54) is 0 Å². The summed E-state index contributed by atoms with van der Waals surface area (Å²) in [6, 6.07) is 0. The van der Waals surface area contributed by atoms with Gasteiger partial charge in [-0.3, -0.25) is 9.11 Å². The van der Waals surface area contributed by atoms with Crippen molar-refractivity contribution < 1.29 is 51.7 Å². The SMILES string of the molecule is O=S(=O)(O)O.[Cu+2].[Cu+2].[Mg+2]. The summed E-state index contributed by atoms with van der Waals surface area (Å²) in [6.45, 7) is 0. The van der Waals surface area contributed by atoms with Crippen LogP contribution in [0.2, 0.25) is 0 Å². The van der Waals surface area contributed by atoms with Crippen LogP contribution in [0.4, 0.5) is 0 Å². The fraction of sp³-hybridized carbons (Fsp3) is 0. The van der Waals surface area contributed by atoms with Crippen LogP contribution in [0.15, 0.2) is 0 Å². The molecule has 0 unspecified atom stereocenters. The maximum absolute atomic E-state index is 8.74. The van der Waals surface area contributed by atoms with Crippen molar-refractivity contribution in [3.8, 4) is 0 Å². The standard InChI is InChI=1S/2Cu.Mg.H2O4S/c;;;1-5(2,3)4/h;;;(H2,1,2,3,4)/q3*+2;. The van der Waals surface area contributed by atoms with E-state index in [1.54, 1.807) is 0 Å². The van der Waals surface area contributed by atoms with E-state index < -0.39 is 10.4 Å². The van der Waals surface area contributed by atoms with Crippen LogP contribution < -0.4 is 0 Å². The van der Waals surface area contributed by atoms with Crippen LogP contribution in [0.1, 0.15) is 0 Å². The van der Waals surface area contributed by atoms with Crippen molar-refractivity contribution >= 4 is 33.5 Å². The summed E-state index contributed by atoms with van der Waals surface area (Å²) in [5, 5.41) is 0. The Morgan fingerprint density at radius 2 is 1.00 bits per heavy atom. The third-order valence-corrected chi connectivity index (χ3v) is 0. The second-order valence-corrected chi connectivity index (χ2v) is 1.34. The first-order valence-corrected chi connectivity index (χ1v) is 2.10. The van der Waals surface area contributed by atoms with Crippen LogP contribution in [-0.2, 0) is 44.5 Å². The Labute approximate surface area is 84.5 Å². The summed E-state index contributed by atoms with van der Waals surface area (Å²) >= 11 is 0. The van der Waals surface area contributed by atoms with Gasteiger partial charge in [0.2, 0.25) is 0 Å². The summed E-state index contributed by atoms with van der Waals surface area (Å²) in [5.41, 5.74) is 0. The van der Waals surface area contributed by atoms with E-state index in [9.17, 15) is 0 Å². The van der Waals surface area contributed by atoms with Crippen molar-refractivity contribution in [3.63, 3.8) is 0 Å². The van der Waals surface area contributed by atoms with Gasteiger partial charge in [-0.05, 0) is 0 Å².